The molecule has 0 radical (unpaired) electrons. The molecule has 0 aliphatic rings. The number of hydrogen-bond acceptors (Lipinski definition) is 4. The SMILES string of the molecule is O=C(/C=C/c1ccc(OCCCO)cc1)Oc1ccccc1. The van der Waals surface area contributed by atoms with Gasteiger partial charge in [-0.3, -0.25) is 0 Å². The van der Waals surface area contributed by atoms with E-state index < -0.39 is 5.97 Å². The van der Waals surface area contributed by atoms with Crippen molar-refractivity contribution in [1.82, 2.24) is 0 Å². The highest BCUT2D eigenvalue weighted by molar-refractivity contribution is 5.88. The number of para-hydroxylation sites is 1. The van der Waals surface area contributed by atoms with Gasteiger partial charge < -0.3 is 14.6 Å². The standard InChI is InChI=1S/C18H18O4/c19-13-4-14-21-16-10-7-15(8-11-16)9-12-18(20)22-17-5-2-1-3-6-17/h1-3,5-12,19H,4,13-14H2/b12-9+. The molecule has 0 heterocycles. The molecule has 0 spiro atoms. The van der Waals surface area contributed by atoms with E-state index >= 15 is 0 Å². The summed E-state index contributed by atoms with van der Waals surface area (Å²) in [6.45, 7) is 0.597. The fourth-order valence-electron chi connectivity index (χ4n) is 1.73. The first-order chi connectivity index (χ1) is 10.8. The first kappa shape index (κ1) is 15.8. The second kappa shape index (κ2) is 8.64. The van der Waals surface area contributed by atoms with Crippen LogP contribution in [0.4, 0.5) is 0 Å². The molecular formula is C18H18O4. The molecule has 0 aromatic heterocycles. The molecule has 0 fully saturated rings. The summed E-state index contributed by atoms with van der Waals surface area (Å²) in [6.07, 6.45) is 3.67. The van der Waals surface area contributed by atoms with Crippen LogP contribution in [0.3, 0.4) is 0 Å². The first-order valence-corrected chi connectivity index (χ1v) is 7.06. The Labute approximate surface area is 129 Å². The molecule has 0 saturated heterocycles. The lowest BCUT2D eigenvalue weighted by Crippen LogP contribution is -2.03. The molecule has 0 bridgehead atoms. The molecule has 0 aliphatic heterocycles. The van der Waals surface area contributed by atoms with Gasteiger partial charge in [0.25, 0.3) is 0 Å². The van der Waals surface area contributed by atoms with E-state index in [1.807, 2.05) is 42.5 Å². The topological polar surface area (TPSA) is 55.8 Å². The average molecular weight is 298 g/mol. The molecule has 2 aromatic carbocycles. The first-order valence-electron chi connectivity index (χ1n) is 7.06. The number of aliphatic hydroxyl groups excluding tert-OH is 1. The zero-order valence-corrected chi connectivity index (χ0v) is 12.1. The second-order valence-corrected chi connectivity index (χ2v) is 4.56. The lowest BCUT2D eigenvalue weighted by molar-refractivity contribution is -0.128. The maximum Gasteiger partial charge on any atom is 0.336 e. The number of hydrogen-bond donors (Lipinski definition) is 1. The van der Waals surface area contributed by atoms with Gasteiger partial charge in [-0.25, -0.2) is 4.79 Å². The van der Waals surface area contributed by atoms with Crippen LogP contribution in [0.1, 0.15) is 12.0 Å². The van der Waals surface area contributed by atoms with Gasteiger partial charge in [0, 0.05) is 19.1 Å². The zero-order chi connectivity index (χ0) is 15.6. The highest BCUT2D eigenvalue weighted by atomic mass is 16.5. The maximum atomic E-state index is 11.7. The van der Waals surface area contributed by atoms with Crippen molar-refractivity contribution in [2.45, 2.75) is 6.42 Å². The third-order valence-electron chi connectivity index (χ3n) is 2.82. The third-order valence-corrected chi connectivity index (χ3v) is 2.82. The van der Waals surface area contributed by atoms with E-state index in [0.717, 1.165) is 11.3 Å². The maximum absolute atomic E-state index is 11.7. The van der Waals surface area contributed by atoms with E-state index in [-0.39, 0.29) is 6.61 Å². The molecule has 0 unspecified atom stereocenters. The molecule has 2 aromatic rings. The quantitative estimate of drug-likeness (QED) is 0.369. The summed E-state index contributed by atoms with van der Waals surface area (Å²) in [7, 11) is 0. The number of aliphatic hydroxyl groups is 1. The van der Waals surface area contributed by atoms with Gasteiger partial charge in [0.15, 0.2) is 0 Å². The number of carbonyl (C=O) groups excluding carboxylic acids is 1. The Morgan fingerprint density at radius 1 is 1.00 bits per heavy atom. The van der Waals surface area contributed by atoms with Crippen molar-refractivity contribution in [3.8, 4) is 11.5 Å². The van der Waals surface area contributed by atoms with Crippen molar-refractivity contribution in [2.75, 3.05) is 13.2 Å². The van der Waals surface area contributed by atoms with Crippen molar-refractivity contribution in [3.05, 3.63) is 66.2 Å². The Morgan fingerprint density at radius 2 is 1.73 bits per heavy atom. The van der Waals surface area contributed by atoms with Gasteiger partial charge in [0.05, 0.1) is 6.61 Å². The molecule has 4 nitrogen and oxygen atoms in total. The Balaban J connectivity index is 1.85. The zero-order valence-electron chi connectivity index (χ0n) is 12.1. The summed E-state index contributed by atoms with van der Waals surface area (Å²) in [5.74, 6) is 0.830. The number of carbonyl (C=O) groups is 1. The van der Waals surface area contributed by atoms with Crippen LogP contribution in [0.5, 0.6) is 11.5 Å². The molecule has 1 N–H and O–H groups in total. The molecule has 114 valence electrons. The third kappa shape index (κ3) is 5.42. The molecule has 0 amide bonds. The second-order valence-electron chi connectivity index (χ2n) is 4.56. The van der Waals surface area contributed by atoms with Gasteiger partial charge in [-0.15, -0.1) is 0 Å². The van der Waals surface area contributed by atoms with Gasteiger partial charge >= 0.3 is 5.97 Å². The molecule has 0 aliphatic carbocycles. The minimum Gasteiger partial charge on any atom is -0.494 e. The van der Waals surface area contributed by atoms with Crippen LogP contribution in [0.2, 0.25) is 0 Å². The van der Waals surface area contributed by atoms with Crippen LogP contribution < -0.4 is 9.47 Å². The molecule has 2 rings (SSSR count). The Hall–Kier alpha value is -2.59. The lowest BCUT2D eigenvalue weighted by Gasteiger charge is -2.04. The van der Waals surface area contributed by atoms with Crippen LogP contribution in [0, 0.1) is 0 Å². The van der Waals surface area contributed by atoms with Crippen molar-refractivity contribution in [1.29, 1.82) is 0 Å². The molecule has 4 heteroatoms. The van der Waals surface area contributed by atoms with E-state index in [9.17, 15) is 4.79 Å². The van der Waals surface area contributed by atoms with Crippen LogP contribution in [0.15, 0.2) is 60.7 Å². The highest BCUT2D eigenvalue weighted by Crippen LogP contribution is 2.14. The van der Waals surface area contributed by atoms with Crippen molar-refractivity contribution in [2.24, 2.45) is 0 Å². The van der Waals surface area contributed by atoms with Crippen LogP contribution >= 0.6 is 0 Å². The number of esters is 1. The summed E-state index contributed by atoms with van der Waals surface area (Å²) >= 11 is 0. The Morgan fingerprint density at radius 3 is 2.41 bits per heavy atom. The lowest BCUT2D eigenvalue weighted by atomic mass is 10.2. The van der Waals surface area contributed by atoms with Crippen LogP contribution in [-0.2, 0) is 4.79 Å². The van der Waals surface area contributed by atoms with E-state index in [1.165, 1.54) is 6.08 Å². The highest BCUT2D eigenvalue weighted by Gasteiger charge is 1.99. The summed E-state index contributed by atoms with van der Waals surface area (Å²) in [5, 5.41) is 8.68. The molecule has 22 heavy (non-hydrogen) atoms. The summed E-state index contributed by atoms with van der Waals surface area (Å²) in [5.41, 5.74) is 0.875. The average Bonchev–Trinajstić information content (AvgIpc) is 2.55. The van der Waals surface area contributed by atoms with Gasteiger partial charge in [0.2, 0.25) is 0 Å². The molecular weight excluding hydrogens is 280 g/mol. The Bertz CT molecular complexity index is 603. The van der Waals surface area contributed by atoms with Crippen LogP contribution in [-0.4, -0.2) is 24.3 Å². The van der Waals surface area contributed by atoms with Gasteiger partial charge in [-0.05, 0) is 35.9 Å². The van der Waals surface area contributed by atoms with Crippen LogP contribution in [0.25, 0.3) is 6.08 Å². The minimum atomic E-state index is -0.422. The number of benzene rings is 2. The smallest absolute Gasteiger partial charge is 0.336 e. The fraction of sp³-hybridized carbons (Fsp3) is 0.167. The van der Waals surface area contributed by atoms with Gasteiger partial charge in [0.1, 0.15) is 11.5 Å². The predicted octanol–water partition coefficient (Wildman–Crippen LogP) is 3.07. The summed E-state index contributed by atoms with van der Waals surface area (Å²) in [6, 6.07) is 16.3. The largest absolute Gasteiger partial charge is 0.494 e. The van der Waals surface area contributed by atoms with E-state index in [0.29, 0.717) is 18.8 Å². The van der Waals surface area contributed by atoms with E-state index in [1.54, 1.807) is 18.2 Å². The summed E-state index contributed by atoms with van der Waals surface area (Å²) in [4.78, 5) is 11.7. The van der Waals surface area contributed by atoms with E-state index in [4.69, 9.17) is 14.6 Å². The van der Waals surface area contributed by atoms with Gasteiger partial charge in [-0.2, -0.15) is 0 Å². The summed E-state index contributed by atoms with van der Waals surface area (Å²) < 4.78 is 10.6. The number of ether oxygens (including phenoxy) is 2. The van der Waals surface area contributed by atoms with Crippen molar-refractivity contribution < 1.29 is 19.4 Å². The van der Waals surface area contributed by atoms with Gasteiger partial charge in [-0.1, -0.05) is 30.3 Å². The fourth-order valence-corrected chi connectivity index (χ4v) is 1.73. The van der Waals surface area contributed by atoms with Crippen molar-refractivity contribution >= 4 is 12.0 Å². The van der Waals surface area contributed by atoms with E-state index in [2.05, 4.69) is 0 Å². The molecule has 0 atom stereocenters. The van der Waals surface area contributed by atoms with Crippen molar-refractivity contribution in [3.63, 3.8) is 0 Å². The Kier molecular flexibility index (Phi) is 6.20. The number of rotatable bonds is 7. The minimum absolute atomic E-state index is 0.115. The monoisotopic (exact) mass is 298 g/mol. The predicted molar refractivity (Wildman–Crippen MR) is 84.8 cm³/mol. The normalized spacial score (nSPS) is 10.6. The molecule has 0 saturated carbocycles.